The van der Waals surface area contributed by atoms with Crippen LogP contribution in [0.25, 0.3) is 78.4 Å². The van der Waals surface area contributed by atoms with E-state index in [-0.39, 0.29) is 0 Å². The van der Waals surface area contributed by atoms with Crippen molar-refractivity contribution >= 4 is 21.9 Å². The number of furan rings is 1. The van der Waals surface area contributed by atoms with E-state index in [1.807, 2.05) is 84.9 Å². The maximum Gasteiger partial charge on any atom is 0.164 e. The van der Waals surface area contributed by atoms with Crippen LogP contribution in [0.3, 0.4) is 0 Å². The first-order valence-electron chi connectivity index (χ1n) is 14.3. The molecule has 0 aliphatic heterocycles. The first-order valence-corrected chi connectivity index (χ1v) is 14.3. The van der Waals surface area contributed by atoms with E-state index in [0.717, 1.165) is 49.8 Å². The van der Waals surface area contributed by atoms with E-state index in [9.17, 15) is 0 Å². The molecule has 0 unspecified atom stereocenters. The minimum atomic E-state index is 0.595. The highest BCUT2D eigenvalue weighted by Crippen LogP contribution is 2.39. The van der Waals surface area contributed by atoms with Crippen LogP contribution in [0.15, 0.2) is 156 Å². The van der Waals surface area contributed by atoms with Gasteiger partial charge in [0.05, 0.1) is 0 Å². The Hall–Kier alpha value is -5.87. The van der Waals surface area contributed by atoms with Gasteiger partial charge in [0.2, 0.25) is 0 Å². The Kier molecular flexibility index (Phi) is 6.08. The van der Waals surface area contributed by atoms with Crippen molar-refractivity contribution in [1.29, 1.82) is 0 Å². The number of benzene rings is 6. The van der Waals surface area contributed by atoms with Crippen molar-refractivity contribution in [3.05, 3.63) is 152 Å². The molecule has 43 heavy (non-hydrogen) atoms. The van der Waals surface area contributed by atoms with Crippen molar-refractivity contribution in [2.24, 2.45) is 0 Å². The Bertz CT molecular complexity index is 2150. The molecule has 0 bridgehead atoms. The second kappa shape index (κ2) is 10.5. The minimum Gasteiger partial charge on any atom is -0.456 e. The lowest BCUT2D eigenvalue weighted by molar-refractivity contribution is 0.669. The first kappa shape index (κ1) is 24.9. The third-order valence-electron chi connectivity index (χ3n) is 7.76. The second-order valence-electron chi connectivity index (χ2n) is 10.5. The fraction of sp³-hybridized carbons (Fsp3) is 0. The minimum absolute atomic E-state index is 0.595. The Balaban J connectivity index is 1.38. The predicted molar refractivity (Wildman–Crippen MR) is 174 cm³/mol. The molecule has 8 aromatic rings. The molecular formula is C39H25N3O. The van der Waals surface area contributed by atoms with Crippen LogP contribution < -0.4 is 0 Å². The molecule has 0 aliphatic carbocycles. The maximum absolute atomic E-state index is 6.34. The van der Waals surface area contributed by atoms with Crippen LogP contribution in [0.4, 0.5) is 0 Å². The van der Waals surface area contributed by atoms with Crippen LogP contribution in [-0.4, -0.2) is 15.0 Å². The van der Waals surface area contributed by atoms with Crippen molar-refractivity contribution in [2.75, 3.05) is 0 Å². The quantitative estimate of drug-likeness (QED) is 0.214. The van der Waals surface area contributed by atoms with Gasteiger partial charge in [-0.3, -0.25) is 0 Å². The average Bonchev–Trinajstić information content (AvgIpc) is 3.46. The Labute approximate surface area is 249 Å². The summed E-state index contributed by atoms with van der Waals surface area (Å²) < 4.78 is 6.34. The Morgan fingerprint density at radius 3 is 1.44 bits per heavy atom. The van der Waals surface area contributed by atoms with Crippen LogP contribution in [-0.2, 0) is 0 Å². The van der Waals surface area contributed by atoms with Gasteiger partial charge in [0, 0.05) is 27.5 Å². The smallest absolute Gasteiger partial charge is 0.164 e. The number of aromatic nitrogens is 3. The van der Waals surface area contributed by atoms with E-state index < -0.39 is 0 Å². The third kappa shape index (κ3) is 4.65. The lowest BCUT2D eigenvalue weighted by Gasteiger charge is -2.13. The molecule has 0 saturated carbocycles. The highest BCUT2D eigenvalue weighted by Gasteiger charge is 2.19. The van der Waals surface area contributed by atoms with Crippen molar-refractivity contribution in [1.82, 2.24) is 15.0 Å². The molecule has 8 rings (SSSR count). The van der Waals surface area contributed by atoms with Gasteiger partial charge in [-0.15, -0.1) is 0 Å². The van der Waals surface area contributed by atoms with Crippen molar-refractivity contribution in [3.63, 3.8) is 0 Å². The summed E-state index contributed by atoms with van der Waals surface area (Å²) in [4.78, 5) is 15.0. The summed E-state index contributed by atoms with van der Waals surface area (Å²) >= 11 is 0. The fourth-order valence-corrected chi connectivity index (χ4v) is 5.60. The SMILES string of the molecule is c1ccc(-c2ccc(-c3cc4c(cc3-c3nc(-c5ccccc5)nc(-c5ccccc5)n3)oc3ccccc34)cc2)cc1. The molecule has 0 aliphatic rings. The molecule has 2 heterocycles. The van der Waals surface area contributed by atoms with Gasteiger partial charge in [-0.2, -0.15) is 0 Å². The monoisotopic (exact) mass is 551 g/mol. The van der Waals surface area contributed by atoms with E-state index in [1.54, 1.807) is 0 Å². The van der Waals surface area contributed by atoms with E-state index in [2.05, 4.69) is 66.7 Å². The summed E-state index contributed by atoms with van der Waals surface area (Å²) in [5.74, 6) is 1.84. The van der Waals surface area contributed by atoms with Gasteiger partial charge < -0.3 is 4.42 Å². The average molecular weight is 552 g/mol. The molecule has 0 atom stereocenters. The number of nitrogens with zero attached hydrogens (tertiary/aromatic N) is 3. The Morgan fingerprint density at radius 1 is 0.326 bits per heavy atom. The molecule has 0 spiro atoms. The number of rotatable bonds is 5. The van der Waals surface area contributed by atoms with Gasteiger partial charge in [0.1, 0.15) is 11.2 Å². The van der Waals surface area contributed by atoms with E-state index in [1.165, 1.54) is 11.1 Å². The van der Waals surface area contributed by atoms with E-state index in [0.29, 0.717) is 17.5 Å². The van der Waals surface area contributed by atoms with Gasteiger partial charge in [-0.05, 0) is 40.5 Å². The topological polar surface area (TPSA) is 51.8 Å². The van der Waals surface area contributed by atoms with Crippen LogP contribution >= 0.6 is 0 Å². The van der Waals surface area contributed by atoms with Crippen molar-refractivity contribution in [3.8, 4) is 56.4 Å². The van der Waals surface area contributed by atoms with Gasteiger partial charge in [-0.1, -0.05) is 133 Å². The molecular weight excluding hydrogens is 526 g/mol. The lowest BCUT2D eigenvalue weighted by atomic mass is 9.94. The highest BCUT2D eigenvalue weighted by molar-refractivity contribution is 6.08. The molecule has 6 aromatic carbocycles. The number of hydrogen-bond acceptors (Lipinski definition) is 4. The molecule has 202 valence electrons. The third-order valence-corrected chi connectivity index (χ3v) is 7.76. The first-order chi connectivity index (χ1) is 21.3. The molecule has 0 N–H and O–H groups in total. The zero-order valence-electron chi connectivity index (χ0n) is 23.2. The zero-order chi connectivity index (χ0) is 28.6. The van der Waals surface area contributed by atoms with Crippen LogP contribution in [0, 0.1) is 0 Å². The standard InChI is InChI=1S/C39H25N3O/c1-4-12-26(13-5-1)27-20-22-28(23-21-27)32-24-33-31-18-10-11-19-35(31)43-36(33)25-34(32)39-41-37(29-14-6-2-7-15-29)40-38(42-39)30-16-8-3-9-17-30/h1-25H. The summed E-state index contributed by atoms with van der Waals surface area (Å²) in [5, 5.41) is 2.14. The van der Waals surface area contributed by atoms with E-state index in [4.69, 9.17) is 19.4 Å². The largest absolute Gasteiger partial charge is 0.456 e. The number of fused-ring (bicyclic) bond motifs is 3. The Morgan fingerprint density at radius 2 is 0.814 bits per heavy atom. The van der Waals surface area contributed by atoms with Crippen molar-refractivity contribution in [2.45, 2.75) is 0 Å². The maximum atomic E-state index is 6.34. The summed E-state index contributed by atoms with van der Waals surface area (Å²) in [5.41, 5.74) is 8.85. The van der Waals surface area contributed by atoms with Gasteiger partial charge >= 0.3 is 0 Å². The molecule has 4 heteroatoms. The molecule has 0 saturated heterocycles. The molecule has 0 fully saturated rings. The van der Waals surface area contributed by atoms with Gasteiger partial charge in [0.25, 0.3) is 0 Å². The number of para-hydroxylation sites is 1. The summed E-state index contributed by atoms with van der Waals surface area (Å²) in [7, 11) is 0. The molecule has 2 aromatic heterocycles. The van der Waals surface area contributed by atoms with Crippen LogP contribution in [0.5, 0.6) is 0 Å². The van der Waals surface area contributed by atoms with Crippen LogP contribution in [0.1, 0.15) is 0 Å². The summed E-state index contributed by atoms with van der Waals surface area (Å²) in [6, 6.07) is 51.7. The lowest BCUT2D eigenvalue weighted by Crippen LogP contribution is -2.01. The predicted octanol–water partition coefficient (Wildman–Crippen LogP) is 10.1. The fourth-order valence-electron chi connectivity index (χ4n) is 5.60. The summed E-state index contributed by atoms with van der Waals surface area (Å²) in [6.07, 6.45) is 0. The van der Waals surface area contributed by atoms with Crippen LogP contribution in [0.2, 0.25) is 0 Å². The van der Waals surface area contributed by atoms with Crippen molar-refractivity contribution < 1.29 is 4.42 Å². The molecule has 0 amide bonds. The number of hydrogen-bond donors (Lipinski definition) is 0. The second-order valence-corrected chi connectivity index (χ2v) is 10.5. The van der Waals surface area contributed by atoms with Gasteiger partial charge in [-0.25, -0.2) is 15.0 Å². The summed E-state index contributed by atoms with van der Waals surface area (Å²) in [6.45, 7) is 0. The molecule has 0 radical (unpaired) electrons. The van der Waals surface area contributed by atoms with E-state index >= 15 is 0 Å². The van der Waals surface area contributed by atoms with Gasteiger partial charge in [0.15, 0.2) is 17.5 Å². The zero-order valence-corrected chi connectivity index (χ0v) is 23.2. The normalized spacial score (nSPS) is 11.3. The molecule has 4 nitrogen and oxygen atoms in total. The highest BCUT2D eigenvalue weighted by atomic mass is 16.3.